The molecule has 1 heterocycles. The zero-order valence-electron chi connectivity index (χ0n) is 18.6. The van der Waals surface area contributed by atoms with Crippen LogP contribution >= 0.6 is 15.9 Å². The van der Waals surface area contributed by atoms with Gasteiger partial charge < -0.3 is 15.4 Å². The fourth-order valence-electron chi connectivity index (χ4n) is 3.41. The number of ether oxygens (including phenoxy) is 1. The first-order valence-electron chi connectivity index (χ1n) is 10.6. The SMILES string of the molecule is N#Cc1ccccc1COc1ccc(/C=C2/NC(=O)N(CC(=O)Nc3ccccc3F)C2=O)cc1Br. The average Bonchev–Trinajstić information content (AvgIpc) is 3.12. The van der Waals surface area contributed by atoms with Gasteiger partial charge in [-0.25, -0.2) is 14.1 Å². The van der Waals surface area contributed by atoms with Gasteiger partial charge in [-0.15, -0.1) is 0 Å². The van der Waals surface area contributed by atoms with Crippen molar-refractivity contribution in [3.8, 4) is 11.8 Å². The molecule has 0 bridgehead atoms. The van der Waals surface area contributed by atoms with Crippen molar-refractivity contribution < 1.29 is 23.5 Å². The topological polar surface area (TPSA) is 112 Å². The van der Waals surface area contributed by atoms with Crippen molar-refractivity contribution in [1.29, 1.82) is 5.26 Å². The van der Waals surface area contributed by atoms with E-state index in [2.05, 4.69) is 32.6 Å². The number of hydrogen-bond acceptors (Lipinski definition) is 5. The van der Waals surface area contributed by atoms with Gasteiger partial charge in [0.05, 0.1) is 21.8 Å². The van der Waals surface area contributed by atoms with Crippen molar-refractivity contribution >= 4 is 45.5 Å². The fourth-order valence-corrected chi connectivity index (χ4v) is 3.92. The minimum atomic E-state index is -0.759. The second-order valence-corrected chi connectivity index (χ2v) is 8.51. The first-order valence-corrected chi connectivity index (χ1v) is 11.4. The molecular formula is C26H18BrFN4O4. The summed E-state index contributed by atoms with van der Waals surface area (Å²) in [6, 6.07) is 19.1. The standard InChI is InChI=1S/C26H18BrFN4O4/c27-19-11-16(9-10-23(19)36-15-18-6-2-1-5-17(18)13-29)12-22-25(34)32(26(35)31-22)14-24(33)30-21-8-4-3-7-20(21)28/h1-12H,14-15H2,(H,30,33)(H,31,35)/b22-12+. The van der Waals surface area contributed by atoms with Crippen LogP contribution < -0.4 is 15.4 Å². The number of halogens is 2. The number of carbonyl (C=O) groups excluding carboxylic acids is 3. The molecule has 8 nitrogen and oxygen atoms in total. The maximum atomic E-state index is 13.7. The Labute approximate surface area is 214 Å². The zero-order chi connectivity index (χ0) is 25.7. The van der Waals surface area contributed by atoms with E-state index in [-0.39, 0.29) is 18.0 Å². The normalized spacial score (nSPS) is 13.9. The van der Waals surface area contributed by atoms with Crippen LogP contribution in [0.5, 0.6) is 5.75 Å². The summed E-state index contributed by atoms with van der Waals surface area (Å²) < 4.78 is 20.2. The third kappa shape index (κ3) is 5.59. The molecule has 0 aliphatic carbocycles. The summed E-state index contributed by atoms with van der Waals surface area (Å²) in [5, 5.41) is 14.0. The Bertz CT molecular complexity index is 1430. The lowest BCUT2D eigenvalue weighted by atomic mass is 10.1. The lowest BCUT2D eigenvalue weighted by molar-refractivity contribution is -0.127. The Morgan fingerprint density at radius 3 is 2.64 bits per heavy atom. The second kappa shape index (κ2) is 10.8. The summed E-state index contributed by atoms with van der Waals surface area (Å²) >= 11 is 3.43. The highest BCUT2D eigenvalue weighted by atomic mass is 79.9. The molecule has 36 heavy (non-hydrogen) atoms. The Kier molecular flexibility index (Phi) is 7.42. The van der Waals surface area contributed by atoms with Gasteiger partial charge in [0.15, 0.2) is 0 Å². The number of anilines is 1. The van der Waals surface area contributed by atoms with Crippen molar-refractivity contribution in [3.63, 3.8) is 0 Å². The number of imide groups is 1. The van der Waals surface area contributed by atoms with Crippen LogP contribution in [0.1, 0.15) is 16.7 Å². The minimum Gasteiger partial charge on any atom is -0.488 e. The lowest BCUT2D eigenvalue weighted by Gasteiger charge is -2.12. The van der Waals surface area contributed by atoms with Gasteiger partial charge in [-0.3, -0.25) is 9.59 Å². The van der Waals surface area contributed by atoms with Gasteiger partial charge in [0.2, 0.25) is 5.91 Å². The summed E-state index contributed by atoms with van der Waals surface area (Å²) in [6.45, 7) is -0.377. The second-order valence-electron chi connectivity index (χ2n) is 7.65. The van der Waals surface area contributed by atoms with Gasteiger partial charge in [-0.1, -0.05) is 36.4 Å². The van der Waals surface area contributed by atoms with Gasteiger partial charge in [-0.05, 0) is 57.9 Å². The van der Waals surface area contributed by atoms with Crippen LogP contribution in [0.25, 0.3) is 6.08 Å². The van der Waals surface area contributed by atoms with Gasteiger partial charge in [0.25, 0.3) is 5.91 Å². The van der Waals surface area contributed by atoms with Crippen LogP contribution in [0, 0.1) is 17.1 Å². The van der Waals surface area contributed by atoms with Crippen LogP contribution in [0.15, 0.2) is 76.9 Å². The molecule has 1 saturated heterocycles. The van der Waals surface area contributed by atoms with Crippen molar-refractivity contribution in [2.24, 2.45) is 0 Å². The first kappa shape index (κ1) is 24.6. The summed E-state index contributed by atoms with van der Waals surface area (Å²) in [7, 11) is 0. The van der Waals surface area contributed by atoms with Gasteiger partial charge >= 0.3 is 6.03 Å². The molecule has 4 amide bonds. The molecule has 0 aromatic heterocycles. The Morgan fingerprint density at radius 2 is 1.89 bits per heavy atom. The van der Waals surface area contributed by atoms with Crippen molar-refractivity contribution in [2.45, 2.75) is 6.61 Å². The number of nitrogens with one attached hydrogen (secondary N) is 2. The Balaban J connectivity index is 1.41. The zero-order valence-corrected chi connectivity index (χ0v) is 20.2. The number of urea groups is 1. The molecule has 4 rings (SSSR count). The van der Waals surface area contributed by atoms with Gasteiger partial charge in [-0.2, -0.15) is 5.26 Å². The van der Waals surface area contributed by atoms with Gasteiger partial charge in [0.1, 0.15) is 30.4 Å². The van der Waals surface area contributed by atoms with Crippen molar-refractivity contribution in [3.05, 3.63) is 99.4 Å². The highest BCUT2D eigenvalue weighted by molar-refractivity contribution is 9.10. The third-order valence-electron chi connectivity index (χ3n) is 5.20. The molecule has 180 valence electrons. The monoisotopic (exact) mass is 548 g/mol. The van der Waals surface area contributed by atoms with E-state index < -0.39 is 30.2 Å². The third-order valence-corrected chi connectivity index (χ3v) is 5.82. The maximum Gasteiger partial charge on any atom is 0.329 e. The van der Waals surface area contributed by atoms with E-state index in [9.17, 15) is 24.0 Å². The lowest BCUT2D eigenvalue weighted by Crippen LogP contribution is -2.38. The smallest absolute Gasteiger partial charge is 0.329 e. The Hall–Kier alpha value is -4.49. The van der Waals surface area contributed by atoms with E-state index in [1.165, 1.54) is 24.3 Å². The van der Waals surface area contributed by atoms with Crippen LogP contribution in [0.2, 0.25) is 0 Å². The van der Waals surface area contributed by atoms with E-state index in [4.69, 9.17) is 4.74 Å². The van der Waals surface area contributed by atoms with E-state index >= 15 is 0 Å². The van der Waals surface area contributed by atoms with Crippen LogP contribution in [0.4, 0.5) is 14.9 Å². The number of amides is 4. The number of nitrogens with zero attached hydrogens (tertiary/aromatic N) is 2. The van der Waals surface area contributed by atoms with Crippen LogP contribution in [-0.4, -0.2) is 29.3 Å². The molecule has 1 aliphatic heterocycles. The molecule has 0 radical (unpaired) electrons. The molecule has 10 heteroatoms. The molecule has 1 aliphatic rings. The number of benzene rings is 3. The fraction of sp³-hybridized carbons (Fsp3) is 0.0769. The highest BCUT2D eigenvalue weighted by Gasteiger charge is 2.35. The largest absolute Gasteiger partial charge is 0.488 e. The van der Waals surface area contributed by atoms with E-state index in [1.54, 1.807) is 36.4 Å². The average molecular weight is 549 g/mol. The number of nitriles is 1. The molecule has 2 N–H and O–H groups in total. The maximum absolute atomic E-state index is 13.7. The number of hydrogen-bond donors (Lipinski definition) is 2. The summed E-state index contributed by atoms with van der Waals surface area (Å²) in [4.78, 5) is 38.0. The van der Waals surface area contributed by atoms with Crippen LogP contribution in [-0.2, 0) is 16.2 Å². The molecule has 0 unspecified atom stereocenters. The molecule has 0 atom stereocenters. The molecule has 1 fully saturated rings. The molecule has 3 aromatic rings. The predicted octanol–water partition coefficient (Wildman–Crippen LogP) is 4.57. The molecule has 0 spiro atoms. The number of para-hydroxylation sites is 1. The molecule has 0 saturated carbocycles. The summed E-state index contributed by atoms with van der Waals surface area (Å²) in [5.74, 6) is -1.51. The molecule has 3 aromatic carbocycles. The highest BCUT2D eigenvalue weighted by Crippen LogP contribution is 2.28. The summed E-state index contributed by atoms with van der Waals surface area (Å²) in [6.07, 6.45) is 1.47. The number of rotatable bonds is 7. The first-order chi connectivity index (χ1) is 17.4. The predicted molar refractivity (Wildman–Crippen MR) is 133 cm³/mol. The quantitative estimate of drug-likeness (QED) is 0.332. The van der Waals surface area contributed by atoms with E-state index in [0.29, 0.717) is 21.3 Å². The van der Waals surface area contributed by atoms with Crippen molar-refractivity contribution in [1.82, 2.24) is 10.2 Å². The van der Waals surface area contributed by atoms with Gasteiger partial charge in [0, 0.05) is 5.56 Å². The van der Waals surface area contributed by atoms with Crippen molar-refractivity contribution in [2.75, 3.05) is 11.9 Å². The summed E-state index contributed by atoms with van der Waals surface area (Å²) in [5.41, 5.74) is 1.80. The minimum absolute atomic E-state index is 0.0118. The van der Waals surface area contributed by atoms with E-state index in [0.717, 1.165) is 10.5 Å². The number of carbonyl (C=O) groups is 3. The Morgan fingerprint density at radius 1 is 1.14 bits per heavy atom. The van der Waals surface area contributed by atoms with Crippen LogP contribution in [0.3, 0.4) is 0 Å². The molecular weight excluding hydrogens is 531 g/mol. The van der Waals surface area contributed by atoms with E-state index in [1.807, 2.05) is 12.1 Å².